The van der Waals surface area contributed by atoms with Crippen LogP contribution < -0.4 is 10.9 Å². The van der Waals surface area contributed by atoms with Gasteiger partial charge in [0.2, 0.25) is 5.91 Å². The van der Waals surface area contributed by atoms with Crippen LogP contribution in [0, 0.1) is 23.6 Å². The van der Waals surface area contributed by atoms with Crippen molar-refractivity contribution in [3.63, 3.8) is 0 Å². The molecule has 0 radical (unpaired) electrons. The molecule has 2 N–H and O–H groups in total. The van der Waals surface area contributed by atoms with Crippen molar-refractivity contribution < 1.29 is 14.3 Å². The first-order valence-corrected chi connectivity index (χ1v) is 11.7. The number of nitrogens with zero attached hydrogens (tertiary/aromatic N) is 2. The maximum atomic E-state index is 13.5. The Morgan fingerprint density at radius 1 is 1.19 bits per heavy atom. The van der Waals surface area contributed by atoms with Crippen LogP contribution in [-0.2, 0) is 11.3 Å². The summed E-state index contributed by atoms with van der Waals surface area (Å²) in [6.45, 7) is 3.96. The van der Waals surface area contributed by atoms with Gasteiger partial charge in [-0.05, 0) is 61.6 Å². The normalized spacial score (nSPS) is 26.7. The number of aliphatic hydroxyl groups is 1. The van der Waals surface area contributed by atoms with Gasteiger partial charge in [0.05, 0.1) is 12.0 Å². The molecule has 1 aromatic carbocycles. The van der Waals surface area contributed by atoms with Gasteiger partial charge in [0.25, 0.3) is 5.56 Å². The molecular weight excluding hydrogens is 409 g/mol. The lowest BCUT2D eigenvalue weighted by Gasteiger charge is -2.38. The molecule has 170 valence electrons. The third kappa shape index (κ3) is 3.57. The summed E-state index contributed by atoms with van der Waals surface area (Å²) in [5.74, 6) is -0.398. The molecule has 2 bridgehead atoms. The van der Waals surface area contributed by atoms with Gasteiger partial charge in [0.15, 0.2) is 0 Å². The predicted molar refractivity (Wildman–Crippen MR) is 119 cm³/mol. The van der Waals surface area contributed by atoms with Crippen LogP contribution in [0.3, 0.4) is 0 Å². The topological polar surface area (TPSA) is 74.6 Å². The van der Waals surface area contributed by atoms with E-state index in [9.17, 15) is 19.1 Å². The second-order valence-electron chi connectivity index (χ2n) is 9.41. The Morgan fingerprint density at radius 2 is 1.94 bits per heavy atom. The van der Waals surface area contributed by atoms with Crippen LogP contribution in [0.15, 0.2) is 41.2 Å². The van der Waals surface area contributed by atoms with Gasteiger partial charge in [0, 0.05) is 42.9 Å². The Hall–Kier alpha value is -2.51. The van der Waals surface area contributed by atoms with Crippen LogP contribution in [0.5, 0.6) is 0 Å². The number of benzene rings is 1. The Bertz CT molecular complexity index is 1060. The van der Waals surface area contributed by atoms with Crippen LogP contribution in [0.1, 0.15) is 37.9 Å². The average Bonchev–Trinajstić information content (AvgIpc) is 3.59. The molecule has 6 nitrogen and oxygen atoms in total. The number of halogens is 1. The van der Waals surface area contributed by atoms with Crippen LogP contribution in [0.25, 0.3) is 11.1 Å². The molecule has 1 amide bonds. The first-order chi connectivity index (χ1) is 15.5. The summed E-state index contributed by atoms with van der Waals surface area (Å²) in [5, 5.41) is 13.4. The number of fused-ring (bicyclic) bond motifs is 4. The highest BCUT2D eigenvalue weighted by molar-refractivity contribution is 5.81. The van der Waals surface area contributed by atoms with Crippen molar-refractivity contribution >= 4 is 5.91 Å². The molecule has 0 spiro atoms. The molecule has 2 aliphatic heterocycles. The van der Waals surface area contributed by atoms with E-state index in [1.165, 1.54) is 12.1 Å². The number of aromatic nitrogens is 1. The SMILES string of the molecule is CCCN1[C@@H]2Cn3c(ccc(-c4ccc(F)cc4)c3=O)[C@H]1[C@@H](C(=O)NCC1CC1)[C@@H]2CO. The smallest absolute Gasteiger partial charge is 0.258 e. The molecule has 4 atom stereocenters. The molecule has 2 fully saturated rings. The van der Waals surface area contributed by atoms with Gasteiger partial charge in [0.1, 0.15) is 5.82 Å². The summed E-state index contributed by atoms with van der Waals surface area (Å²) in [6.07, 6.45) is 3.25. The highest BCUT2D eigenvalue weighted by Crippen LogP contribution is 2.48. The van der Waals surface area contributed by atoms with E-state index in [1.807, 2.05) is 6.07 Å². The van der Waals surface area contributed by atoms with E-state index >= 15 is 0 Å². The number of pyridine rings is 1. The van der Waals surface area contributed by atoms with E-state index in [2.05, 4.69) is 17.1 Å². The highest BCUT2D eigenvalue weighted by Gasteiger charge is 2.55. The quantitative estimate of drug-likeness (QED) is 0.696. The molecule has 5 rings (SSSR count). The molecular formula is C25H30FN3O3. The van der Waals surface area contributed by atoms with Crippen LogP contribution >= 0.6 is 0 Å². The first-order valence-electron chi connectivity index (χ1n) is 11.7. The van der Waals surface area contributed by atoms with Crippen molar-refractivity contribution in [3.05, 3.63) is 58.3 Å². The molecule has 3 aliphatic rings. The minimum atomic E-state index is -0.389. The zero-order chi connectivity index (χ0) is 22.4. The van der Waals surface area contributed by atoms with Crippen LogP contribution in [0.2, 0.25) is 0 Å². The largest absolute Gasteiger partial charge is 0.396 e. The minimum absolute atomic E-state index is 0.0203. The van der Waals surface area contributed by atoms with Gasteiger partial charge in [-0.15, -0.1) is 0 Å². The third-order valence-corrected chi connectivity index (χ3v) is 7.37. The van der Waals surface area contributed by atoms with Crippen molar-refractivity contribution in [2.24, 2.45) is 17.8 Å². The number of amides is 1. The second kappa shape index (κ2) is 8.45. The van der Waals surface area contributed by atoms with E-state index in [1.54, 1.807) is 22.8 Å². The zero-order valence-corrected chi connectivity index (χ0v) is 18.3. The molecule has 1 aromatic heterocycles. The number of nitrogens with one attached hydrogen (secondary N) is 1. The van der Waals surface area contributed by atoms with Gasteiger partial charge in [-0.3, -0.25) is 14.5 Å². The Balaban J connectivity index is 1.55. The molecule has 32 heavy (non-hydrogen) atoms. The van der Waals surface area contributed by atoms with Gasteiger partial charge >= 0.3 is 0 Å². The van der Waals surface area contributed by atoms with Gasteiger partial charge < -0.3 is 15.0 Å². The monoisotopic (exact) mass is 439 g/mol. The molecule has 1 saturated carbocycles. The van der Waals surface area contributed by atoms with E-state index in [4.69, 9.17) is 0 Å². The number of carbonyl (C=O) groups excluding carboxylic acids is 1. The van der Waals surface area contributed by atoms with E-state index in [-0.39, 0.29) is 47.8 Å². The van der Waals surface area contributed by atoms with Crippen molar-refractivity contribution in [2.45, 2.75) is 44.8 Å². The second-order valence-corrected chi connectivity index (χ2v) is 9.41. The lowest BCUT2D eigenvalue weighted by atomic mass is 9.86. The number of aliphatic hydroxyl groups excluding tert-OH is 1. The van der Waals surface area contributed by atoms with Crippen molar-refractivity contribution in [2.75, 3.05) is 19.7 Å². The number of hydrogen-bond acceptors (Lipinski definition) is 4. The van der Waals surface area contributed by atoms with Crippen molar-refractivity contribution in [1.29, 1.82) is 0 Å². The Kier molecular flexibility index (Phi) is 5.63. The molecule has 1 saturated heterocycles. The summed E-state index contributed by atoms with van der Waals surface area (Å²) in [7, 11) is 0. The Morgan fingerprint density at radius 3 is 2.59 bits per heavy atom. The fourth-order valence-electron chi connectivity index (χ4n) is 5.62. The van der Waals surface area contributed by atoms with E-state index in [0.29, 0.717) is 30.1 Å². The van der Waals surface area contributed by atoms with E-state index in [0.717, 1.165) is 31.5 Å². The third-order valence-electron chi connectivity index (χ3n) is 7.37. The van der Waals surface area contributed by atoms with E-state index < -0.39 is 0 Å². The summed E-state index contributed by atoms with van der Waals surface area (Å²) in [4.78, 5) is 29.1. The van der Waals surface area contributed by atoms with Crippen molar-refractivity contribution in [3.8, 4) is 11.1 Å². The van der Waals surface area contributed by atoms with Crippen molar-refractivity contribution in [1.82, 2.24) is 14.8 Å². The number of rotatable bonds is 7. The van der Waals surface area contributed by atoms with Crippen LogP contribution in [0.4, 0.5) is 4.39 Å². The fourth-order valence-corrected chi connectivity index (χ4v) is 5.62. The zero-order valence-electron chi connectivity index (χ0n) is 18.3. The first kappa shape index (κ1) is 21.3. The standard InChI is InChI=1S/C25H30FN3O3/c1-2-11-28-21-13-29-20(10-9-18(25(29)32)16-5-7-17(26)8-6-16)23(28)22(19(21)14-30)24(31)27-12-15-3-4-15/h5-10,15,19,21-23,30H,2-4,11-14H2,1H3,(H,27,31)/t19-,21-,22+,23+/m1/s1. The minimum Gasteiger partial charge on any atom is -0.396 e. The molecule has 7 heteroatoms. The summed E-state index contributed by atoms with van der Waals surface area (Å²) >= 11 is 0. The lowest BCUT2D eigenvalue weighted by molar-refractivity contribution is -0.127. The number of hydrogen-bond donors (Lipinski definition) is 2. The van der Waals surface area contributed by atoms with Gasteiger partial charge in [-0.25, -0.2) is 4.39 Å². The number of carbonyl (C=O) groups is 1. The molecule has 1 aliphatic carbocycles. The summed E-state index contributed by atoms with van der Waals surface area (Å²) < 4.78 is 15.1. The summed E-state index contributed by atoms with van der Waals surface area (Å²) in [6, 6.07) is 9.35. The highest BCUT2D eigenvalue weighted by atomic mass is 19.1. The average molecular weight is 440 g/mol. The fraction of sp³-hybridized carbons (Fsp3) is 0.520. The van der Waals surface area contributed by atoms with Crippen LogP contribution in [-0.4, -0.2) is 46.2 Å². The molecule has 0 unspecified atom stereocenters. The molecule has 3 heterocycles. The lowest BCUT2D eigenvalue weighted by Crippen LogP contribution is -2.47. The Labute approximate surface area is 187 Å². The maximum Gasteiger partial charge on any atom is 0.258 e. The summed E-state index contributed by atoms with van der Waals surface area (Å²) in [5.41, 5.74) is 1.89. The molecule has 2 aromatic rings. The predicted octanol–water partition coefficient (Wildman–Crippen LogP) is 2.55. The van der Waals surface area contributed by atoms with Gasteiger partial charge in [-0.1, -0.05) is 19.1 Å². The maximum absolute atomic E-state index is 13.5. The van der Waals surface area contributed by atoms with Gasteiger partial charge in [-0.2, -0.15) is 0 Å².